The molecule has 0 aliphatic rings. The van der Waals surface area contributed by atoms with E-state index >= 15 is 0 Å². The third kappa shape index (κ3) is 3.70. The van der Waals surface area contributed by atoms with E-state index in [1.54, 1.807) is 14.0 Å². The van der Waals surface area contributed by atoms with E-state index in [0.29, 0.717) is 13.0 Å². The molecule has 4 nitrogen and oxygen atoms in total. The van der Waals surface area contributed by atoms with Gasteiger partial charge in [-0.2, -0.15) is 0 Å². The third-order valence-electron chi connectivity index (χ3n) is 3.34. The average Bonchev–Trinajstić information content (AvgIpc) is 2.41. The maximum Gasteiger partial charge on any atom is 0.256 e. The second kappa shape index (κ2) is 6.57. The minimum absolute atomic E-state index is 0.138. The van der Waals surface area contributed by atoms with Crippen LogP contribution in [0.3, 0.4) is 0 Å². The summed E-state index contributed by atoms with van der Waals surface area (Å²) in [7, 11) is 1.55. The first-order chi connectivity index (χ1) is 8.96. The van der Waals surface area contributed by atoms with Gasteiger partial charge in [-0.1, -0.05) is 6.92 Å². The summed E-state index contributed by atoms with van der Waals surface area (Å²) in [4.78, 5) is 12.2. The summed E-state index contributed by atoms with van der Waals surface area (Å²) < 4.78 is 10.7. The fourth-order valence-corrected chi connectivity index (χ4v) is 1.71. The average molecular weight is 265 g/mol. The molecular weight excluding hydrogens is 242 g/mol. The molecule has 0 saturated carbocycles. The van der Waals surface area contributed by atoms with Gasteiger partial charge in [0.15, 0.2) is 0 Å². The predicted octanol–water partition coefficient (Wildman–Crippen LogP) is 3.15. The predicted molar refractivity (Wildman–Crippen MR) is 76.7 cm³/mol. The standard InChI is InChI=1S/C15H23NO3/c1-6-15(4,18-5)14(17)16-12-8-9-13(19-7-2)11(3)10-12/h8-10H,6-7H2,1-5H3,(H,16,17)/t15-/m1/s1. The van der Waals surface area contributed by atoms with Gasteiger partial charge in [0.25, 0.3) is 5.91 Å². The molecule has 1 amide bonds. The molecule has 0 spiro atoms. The summed E-state index contributed by atoms with van der Waals surface area (Å²) in [6, 6.07) is 5.60. The number of anilines is 1. The van der Waals surface area contributed by atoms with E-state index in [1.165, 1.54) is 0 Å². The molecule has 0 aliphatic carbocycles. The zero-order valence-electron chi connectivity index (χ0n) is 12.4. The molecule has 0 unspecified atom stereocenters. The van der Waals surface area contributed by atoms with Crippen molar-refractivity contribution in [1.29, 1.82) is 0 Å². The summed E-state index contributed by atoms with van der Waals surface area (Å²) in [5.41, 5.74) is 0.949. The van der Waals surface area contributed by atoms with Gasteiger partial charge in [0.1, 0.15) is 11.4 Å². The molecule has 0 bridgehead atoms. The Kier molecular flexibility index (Phi) is 5.36. The van der Waals surface area contributed by atoms with Crippen molar-refractivity contribution in [3.8, 4) is 5.75 Å². The van der Waals surface area contributed by atoms with Crippen LogP contribution in [0.1, 0.15) is 32.8 Å². The maximum atomic E-state index is 12.2. The van der Waals surface area contributed by atoms with Crippen molar-refractivity contribution in [2.75, 3.05) is 19.0 Å². The van der Waals surface area contributed by atoms with E-state index < -0.39 is 5.60 Å². The number of hydrogen-bond donors (Lipinski definition) is 1. The van der Waals surface area contributed by atoms with Crippen LogP contribution in [-0.2, 0) is 9.53 Å². The highest BCUT2D eigenvalue weighted by Crippen LogP contribution is 2.23. The van der Waals surface area contributed by atoms with Crippen molar-refractivity contribution in [1.82, 2.24) is 0 Å². The van der Waals surface area contributed by atoms with Crippen LogP contribution in [0, 0.1) is 6.92 Å². The third-order valence-corrected chi connectivity index (χ3v) is 3.34. The number of nitrogens with one attached hydrogen (secondary N) is 1. The van der Waals surface area contributed by atoms with Crippen LogP contribution in [-0.4, -0.2) is 25.2 Å². The van der Waals surface area contributed by atoms with Crippen molar-refractivity contribution in [3.05, 3.63) is 23.8 Å². The molecule has 1 atom stereocenters. The molecule has 0 radical (unpaired) electrons. The lowest BCUT2D eigenvalue weighted by atomic mass is 10.0. The van der Waals surface area contributed by atoms with E-state index in [9.17, 15) is 4.79 Å². The highest BCUT2D eigenvalue weighted by molar-refractivity contribution is 5.97. The van der Waals surface area contributed by atoms with Crippen LogP contribution in [0.2, 0.25) is 0 Å². The number of rotatable bonds is 6. The van der Waals surface area contributed by atoms with Gasteiger partial charge < -0.3 is 14.8 Å². The normalized spacial score (nSPS) is 13.7. The largest absolute Gasteiger partial charge is 0.494 e. The van der Waals surface area contributed by atoms with Gasteiger partial charge >= 0.3 is 0 Å². The molecule has 4 heteroatoms. The van der Waals surface area contributed by atoms with Crippen LogP contribution in [0.25, 0.3) is 0 Å². The van der Waals surface area contributed by atoms with Crippen molar-refractivity contribution in [2.45, 2.75) is 39.7 Å². The van der Waals surface area contributed by atoms with Gasteiger partial charge in [-0.25, -0.2) is 0 Å². The first-order valence-corrected chi connectivity index (χ1v) is 6.57. The first kappa shape index (κ1) is 15.5. The topological polar surface area (TPSA) is 47.6 Å². The van der Waals surface area contributed by atoms with Crippen molar-refractivity contribution in [3.63, 3.8) is 0 Å². The Morgan fingerprint density at radius 2 is 2.05 bits per heavy atom. The monoisotopic (exact) mass is 265 g/mol. The number of amides is 1. The van der Waals surface area contributed by atoms with Crippen LogP contribution >= 0.6 is 0 Å². The van der Waals surface area contributed by atoms with Gasteiger partial charge in [0.2, 0.25) is 0 Å². The lowest BCUT2D eigenvalue weighted by Gasteiger charge is -2.25. The molecule has 0 fully saturated rings. The first-order valence-electron chi connectivity index (χ1n) is 6.57. The Morgan fingerprint density at radius 1 is 1.37 bits per heavy atom. The van der Waals surface area contributed by atoms with Gasteiger partial charge in [-0.05, 0) is 51.0 Å². The number of benzene rings is 1. The van der Waals surface area contributed by atoms with Crippen LogP contribution in [0.5, 0.6) is 5.75 Å². The van der Waals surface area contributed by atoms with Gasteiger partial charge in [0, 0.05) is 12.8 Å². The minimum atomic E-state index is -0.799. The molecule has 0 saturated heterocycles. The minimum Gasteiger partial charge on any atom is -0.494 e. The van der Waals surface area contributed by atoms with E-state index in [2.05, 4.69) is 5.32 Å². The fraction of sp³-hybridized carbons (Fsp3) is 0.533. The Bertz CT molecular complexity index is 439. The summed E-state index contributed by atoms with van der Waals surface area (Å²) in [6.45, 7) is 8.23. The van der Waals surface area contributed by atoms with E-state index in [0.717, 1.165) is 17.0 Å². The van der Waals surface area contributed by atoms with Crippen LogP contribution in [0.15, 0.2) is 18.2 Å². The highest BCUT2D eigenvalue weighted by atomic mass is 16.5. The lowest BCUT2D eigenvalue weighted by Crippen LogP contribution is -2.41. The SMILES string of the molecule is CCOc1ccc(NC(=O)[C@@](C)(CC)OC)cc1C. The number of hydrogen-bond acceptors (Lipinski definition) is 3. The maximum absolute atomic E-state index is 12.2. The molecule has 19 heavy (non-hydrogen) atoms. The summed E-state index contributed by atoms with van der Waals surface area (Å²) in [5.74, 6) is 0.701. The van der Waals surface area contributed by atoms with Crippen LogP contribution in [0.4, 0.5) is 5.69 Å². The number of carbonyl (C=O) groups excluding carboxylic acids is 1. The zero-order chi connectivity index (χ0) is 14.5. The Labute approximate surface area is 115 Å². The van der Waals surface area contributed by atoms with Gasteiger partial charge in [-0.15, -0.1) is 0 Å². The number of methoxy groups -OCH3 is 1. The molecule has 106 valence electrons. The molecule has 1 aromatic carbocycles. The summed E-state index contributed by atoms with van der Waals surface area (Å²) in [5, 5.41) is 2.88. The smallest absolute Gasteiger partial charge is 0.256 e. The Morgan fingerprint density at radius 3 is 2.53 bits per heavy atom. The number of aryl methyl sites for hydroxylation is 1. The number of ether oxygens (including phenoxy) is 2. The molecule has 1 aromatic rings. The van der Waals surface area contributed by atoms with E-state index in [1.807, 2.05) is 39.0 Å². The molecule has 1 N–H and O–H groups in total. The van der Waals surface area contributed by atoms with Gasteiger partial charge in [-0.3, -0.25) is 4.79 Å². The summed E-state index contributed by atoms with van der Waals surface area (Å²) >= 11 is 0. The van der Waals surface area contributed by atoms with Gasteiger partial charge in [0.05, 0.1) is 6.61 Å². The molecule has 1 rings (SSSR count). The van der Waals surface area contributed by atoms with Crippen molar-refractivity contribution >= 4 is 11.6 Å². The quantitative estimate of drug-likeness (QED) is 0.859. The second-order valence-electron chi connectivity index (χ2n) is 4.66. The molecule has 0 aliphatic heterocycles. The second-order valence-corrected chi connectivity index (χ2v) is 4.66. The van der Waals surface area contributed by atoms with E-state index in [-0.39, 0.29) is 5.91 Å². The Hall–Kier alpha value is -1.55. The summed E-state index contributed by atoms with van der Waals surface area (Å²) in [6.07, 6.45) is 0.616. The molecule has 0 aromatic heterocycles. The number of carbonyl (C=O) groups is 1. The highest BCUT2D eigenvalue weighted by Gasteiger charge is 2.30. The fourth-order valence-electron chi connectivity index (χ4n) is 1.71. The van der Waals surface area contributed by atoms with Crippen molar-refractivity contribution < 1.29 is 14.3 Å². The van der Waals surface area contributed by atoms with E-state index in [4.69, 9.17) is 9.47 Å². The van der Waals surface area contributed by atoms with Crippen LogP contribution < -0.4 is 10.1 Å². The molecule has 0 heterocycles. The molecular formula is C15H23NO3. The Balaban J connectivity index is 2.83. The lowest BCUT2D eigenvalue weighted by molar-refractivity contribution is -0.136. The van der Waals surface area contributed by atoms with Crippen molar-refractivity contribution in [2.24, 2.45) is 0 Å². The zero-order valence-corrected chi connectivity index (χ0v) is 12.4.